The normalized spacial score (nSPS) is 12.0. The van der Waals surface area contributed by atoms with E-state index in [1.165, 1.54) is 185 Å². The van der Waals surface area contributed by atoms with Crippen LogP contribution < -0.4 is 0 Å². The molecule has 0 saturated heterocycles. The highest BCUT2D eigenvalue weighted by atomic mass is 32.1. The smallest absolute Gasteiger partial charge is 0.0465 e. The van der Waals surface area contributed by atoms with Gasteiger partial charge in [0, 0.05) is 73.3 Å². The van der Waals surface area contributed by atoms with Crippen molar-refractivity contribution in [2.24, 2.45) is 0 Å². The van der Waals surface area contributed by atoms with Crippen LogP contribution in [0.15, 0.2) is 146 Å². The van der Waals surface area contributed by atoms with Gasteiger partial charge in [0.2, 0.25) is 0 Å². The van der Waals surface area contributed by atoms with Gasteiger partial charge in [0.25, 0.3) is 0 Å². The number of nitrogens with one attached hydrogen (secondary N) is 1. The Hall–Kier alpha value is -7.56. The van der Waals surface area contributed by atoms with Gasteiger partial charge in [0.15, 0.2) is 0 Å². The van der Waals surface area contributed by atoms with Gasteiger partial charge in [0.1, 0.15) is 0 Å². The Bertz CT molecular complexity index is 4220. The molecule has 0 atom stereocenters. The van der Waals surface area contributed by atoms with E-state index in [1.807, 2.05) is 22.7 Å². The second-order valence-corrected chi connectivity index (χ2v) is 24.3. The van der Waals surface area contributed by atoms with E-state index in [4.69, 9.17) is 0 Å². The summed E-state index contributed by atoms with van der Waals surface area (Å²) >= 11 is 3.85. The highest BCUT2D eigenvalue weighted by Crippen LogP contribution is 2.49. The molecule has 3 aromatic heterocycles. The van der Waals surface area contributed by atoms with E-state index in [0.29, 0.717) is 0 Å². The van der Waals surface area contributed by atoms with Gasteiger partial charge < -0.3 is 4.98 Å². The van der Waals surface area contributed by atoms with Gasteiger partial charge in [-0.1, -0.05) is 95.1 Å². The SMILES string of the molecule is Cc1cc(C)c(-c2ccc3sc4c(-c5ccc6[nH]c7ccc(-c8cc(-c9c(C)cc(C)cc9C)cc9c8sc8ccc(-c%10c(C)cc(C)cc%10C)cc89)cc7c6c5)cc(-c5c(C)cc(C)cc5C)cc4c3c2)c(C)c1. The first-order valence-corrected chi connectivity index (χ1v) is 28.1. The molecule has 0 bridgehead atoms. The fourth-order valence-electron chi connectivity index (χ4n) is 13.6. The van der Waals surface area contributed by atoms with Crippen molar-refractivity contribution in [3.05, 3.63) is 212 Å². The van der Waals surface area contributed by atoms with Crippen molar-refractivity contribution >= 4 is 84.8 Å². The lowest BCUT2D eigenvalue weighted by Crippen LogP contribution is -1.92. The minimum Gasteiger partial charge on any atom is -0.355 e. The van der Waals surface area contributed by atoms with Crippen molar-refractivity contribution in [2.45, 2.75) is 83.1 Å². The van der Waals surface area contributed by atoms with Crippen LogP contribution in [0.25, 0.3) is 129 Å². The minimum absolute atomic E-state index is 1.15. The molecule has 13 aromatic rings. The monoisotopic (exact) mass is 1000 g/mol. The number of hydrogen-bond donors (Lipinski definition) is 1. The maximum absolute atomic E-state index is 3.84. The molecule has 75 heavy (non-hydrogen) atoms. The summed E-state index contributed by atoms with van der Waals surface area (Å²) in [5, 5.41) is 7.74. The highest BCUT2D eigenvalue weighted by molar-refractivity contribution is 7.26. The predicted molar refractivity (Wildman–Crippen MR) is 331 cm³/mol. The Morgan fingerprint density at radius 1 is 0.253 bits per heavy atom. The molecule has 0 spiro atoms. The van der Waals surface area contributed by atoms with Crippen LogP contribution in [0, 0.1) is 83.1 Å². The average Bonchev–Trinajstić information content (AvgIpc) is 4.08. The van der Waals surface area contributed by atoms with Crippen molar-refractivity contribution in [2.75, 3.05) is 0 Å². The van der Waals surface area contributed by atoms with Gasteiger partial charge >= 0.3 is 0 Å². The lowest BCUT2D eigenvalue weighted by Gasteiger charge is -2.15. The number of aromatic nitrogens is 1. The van der Waals surface area contributed by atoms with Crippen molar-refractivity contribution in [1.82, 2.24) is 4.98 Å². The van der Waals surface area contributed by atoms with Gasteiger partial charge in [-0.05, 0) is 256 Å². The maximum atomic E-state index is 3.84. The summed E-state index contributed by atoms with van der Waals surface area (Å²) in [6.45, 7) is 26.9. The number of H-pyrrole nitrogens is 1. The van der Waals surface area contributed by atoms with Crippen LogP contribution in [-0.2, 0) is 0 Å². The number of hydrogen-bond acceptors (Lipinski definition) is 2. The largest absolute Gasteiger partial charge is 0.355 e. The van der Waals surface area contributed by atoms with E-state index in [2.05, 4.69) is 234 Å². The van der Waals surface area contributed by atoms with Crippen LogP contribution in [-0.4, -0.2) is 4.98 Å². The molecule has 3 heteroatoms. The van der Waals surface area contributed by atoms with E-state index in [9.17, 15) is 0 Å². The van der Waals surface area contributed by atoms with Crippen LogP contribution in [0.3, 0.4) is 0 Å². The molecule has 0 aliphatic carbocycles. The standard InChI is InChI=1S/C72H61NS2/c1-37-21-41(5)67(42(6)22-37)51-15-19-65-59(31-51)61-35-53(69-45(9)25-39(3)26-46(69)10)33-55(71(61)74-65)49-13-17-63-57(29-49)58-30-50(14-18-64(58)73-63)56-34-54(70-47(11)27-40(4)28-48(70)12)36-62-60-32-52(16-20-66(60)75-72(56)62)68-43(7)23-38(2)24-44(68)8/h13-36,73H,1-12H3. The Balaban J connectivity index is 1.02. The number of benzene rings is 10. The molecular weight excluding hydrogens is 943 g/mol. The number of rotatable bonds is 6. The van der Waals surface area contributed by atoms with Crippen LogP contribution in [0.1, 0.15) is 66.8 Å². The van der Waals surface area contributed by atoms with E-state index in [0.717, 1.165) is 11.0 Å². The summed E-state index contributed by atoms with van der Waals surface area (Å²) < 4.78 is 5.28. The maximum Gasteiger partial charge on any atom is 0.0465 e. The van der Waals surface area contributed by atoms with Crippen LogP contribution in [0.4, 0.5) is 0 Å². The van der Waals surface area contributed by atoms with E-state index in [-0.39, 0.29) is 0 Å². The highest BCUT2D eigenvalue weighted by Gasteiger charge is 2.21. The molecule has 10 aromatic carbocycles. The lowest BCUT2D eigenvalue weighted by atomic mass is 9.89. The third kappa shape index (κ3) is 7.77. The molecule has 0 aliphatic rings. The number of thiophene rings is 2. The Morgan fingerprint density at radius 3 is 0.867 bits per heavy atom. The first-order chi connectivity index (χ1) is 36.0. The molecule has 0 fully saturated rings. The first kappa shape index (κ1) is 47.2. The van der Waals surface area contributed by atoms with Gasteiger partial charge in [0.05, 0.1) is 0 Å². The number of fused-ring (bicyclic) bond motifs is 9. The van der Waals surface area contributed by atoms with Gasteiger partial charge in [-0.25, -0.2) is 0 Å². The van der Waals surface area contributed by atoms with Gasteiger partial charge in [-0.15, -0.1) is 22.7 Å². The van der Waals surface area contributed by atoms with Crippen molar-refractivity contribution in [3.63, 3.8) is 0 Å². The zero-order valence-electron chi connectivity index (χ0n) is 45.2. The predicted octanol–water partition coefficient (Wildman–Crippen LogP) is 21.8. The summed E-state index contributed by atoms with van der Waals surface area (Å²) in [7, 11) is 0. The molecule has 3 heterocycles. The third-order valence-corrected chi connectivity index (χ3v) is 18.7. The third-order valence-electron chi connectivity index (χ3n) is 16.2. The Kier molecular flexibility index (Phi) is 11.0. The second kappa shape index (κ2) is 17.5. The molecule has 0 unspecified atom stereocenters. The van der Waals surface area contributed by atoms with Gasteiger partial charge in [-0.2, -0.15) is 0 Å². The lowest BCUT2D eigenvalue weighted by molar-refractivity contribution is 1.32. The van der Waals surface area contributed by atoms with E-state index < -0.39 is 0 Å². The molecule has 13 rings (SSSR count). The summed E-state index contributed by atoms with van der Waals surface area (Å²) in [5.41, 5.74) is 33.5. The second-order valence-electron chi connectivity index (χ2n) is 22.2. The zero-order chi connectivity index (χ0) is 51.9. The van der Waals surface area contributed by atoms with Crippen LogP contribution >= 0.6 is 22.7 Å². The molecule has 0 saturated carbocycles. The molecule has 0 amide bonds. The molecule has 1 N–H and O–H groups in total. The topological polar surface area (TPSA) is 15.8 Å². The van der Waals surface area contributed by atoms with Crippen LogP contribution in [0.2, 0.25) is 0 Å². The number of aromatic amines is 1. The molecule has 0 radical (unpaired) electrons. The molecule has 0 aliphatic heterocycles. The molecule has 366 valence electrons. The summed E-state index contributed by atoms with van der Waals surface area (Å²) in [6, 6.07) is 57.1. The summed E-state index contributed by atoms with van der Waals surface area (Å²) in [6.07, 6.45) is 0. The Labute approximate surface area is 449 Å². The fraction of sp³-hybridized carbons (Fsp3) is 0.167. The average molecular weight is 1000 g/mol. The molecular formula is C72H61NS2. The van der Waals surface area contributed by atoms with Crippen molar-refractivity contribution in [3.8, 4) is 66.8 Å². The molecule has 1 nitrogen and oxygen atoms in total. The summed E-state index contributed by atoms with van der Waals surface area (Å²) in [5.74, 6) is 0. The minimum atomic E-state index is 1.15. The van der Waals surface area contributed by atoms with Gasteiger partial charge in [-0.3, -0.25) is 0 Å². The Morgan fingerprint density at radius 2 is 0.533 bits per heavy atom. The number of aryl methyl sites for hydroxylation is 12. The van der Waals surface area contributed by atoms with E-state index in [1.54, 1.807) is 0 Å². The summed E-state index contributed by atoms with van der Waals surface area (Å²) in [4.78, 5) is 3.84. The zero-order valence-corrected chi connectivity index (χ0v) is 46.8. The first-order valence-electron chi connectivity index (χ1n) is 26.4. The van der Waals surface area contributed by atoms with Crippen LogP contribution in [0.5, 0.6) is 0 Å². The van der Waals surface area contributed by atoms with Crippen molar-refractivity contribution in [1.29, 1.82) is 0 Å². The van der Waals surface area contributed by atoms with E-state index >= 15 is 0 Å². The fourth-order valence-corrected chi connectivity index (χ4v) is 16.0. The quantitative estimate of drug-likeness (QED) is 0.171. The van der Waals surface area contributed by atoms with Crippen molar-refractivity contribution < 1.29 is 0 Å².